The van der Waals surface area contributed by atoms with E-state index in [9.17, 15) is 14.4 Å². The maximum atomic E-state index is 13.5. The zero-order valence-corrected chi connectivity index (χ0v) is 22.4. The highest BCUT2D eigenvalue weighted by Crippen LogP contribution is 2.28. The summed E-state index contributed by atoms with van der Waals surface area (Å²) in [4.78, 5) is 42.0. The molecule has 200 valence electrons. The van der Waals surface area contributed by atoms with Gasteiger partial charge in [-0.15, -0.1) is 0 Å². The number of benzene rings is 2. The Morgan fingerprint density at radius 2 is 1.65 bits per heavy atom. The zero-order chi connectivity index (χ0) is 26.9. The molecule has 3 amide bonds. The first-order chi connectivity index (χ1) is 17.7. The lowest BCUT2D eigenvalue weighted by atomic mass is 10.0. The lowest BCUT2D eigenvalue weighted by Crippen LogP contribution is -2.50. The van der Waals surface area contributed by atoms with Crippen LogP contribution in [0.25, 0.3) is 0 Å². The molecule has 1 saturated heterocycles. The largest absolute Gasteiger partial charge is 0.493 e. The molecule has 2 aromatic rings. The summed E-state index contributed by atoms with van der Waals surface area (Å²) >= 11 is 0. The second kappa shape index (κ2) is 13.1. The summed E-state index contributed by atoms with van der Waals surface area (Å²) in [6, 6.07) is 10.7. The van der Waals surface area contributed by atoms with Crippen LogP contribution in [-0.4, -0.2) is 80.5 Å². The van der Waals surface area contributed by atoms with Crippen LogP contribution in [0.2, 0.25) is 0 Å². The minimum absolute atomic E-state index is 0.0678. The van der Waals surface area contributed by atoms with Gasteiger partial charge in [0.25, 0.3) is 0 Å². The van der Waals surface area contributed by atoms with Gasteiger partial charge in [0.2, 0.25) is 17.7 Å². The molecule has 37 heavy (non-hydrogen) atoms. The molecule has 1 fully saturated rings. The number of carbonyl (C=O) groups excluding carboxylic acids is 3. The molecule has 0 saturated carbocycles. The predicted octanol–water partition coefficient (Wildman–Crippen LogP) is 2.54. The van der Waals surface area contributed by atoms with Crippen molar-refractivity contribution in [2.24, 2.45) is 0 Å². The van der Waals surface area contributed by atoms with E-state index in [1.54, 1.807) is 25.2 Å². The van der Waals surface area contributed by atoms with E-state index in [0.717, 1.165) is 28.8 Å². The van der Waals surface area contributed by atoms with Gasteiger partial charge in [-0.2, -0.15) is 0 Å². The van der Waals surface area contributed by atoms with Gasteiger partial charge in [-0.3, -0.25) is 19.3 Å². The number of para-hydroxylation sites is 1. The number of aryl methyl sites for hydroxylation is 2. The topological polar surface area (TPSA) is 100 Å². The SMILES string of the molecule is COc1ccc(CC(NC(C)=O)C(=O)N2CCCN(CC(=O)Nc3c(C)cccc3C)CC2)cc1OC. The standard InChI is InChI=1S/C28H38N4O5/c1-19-8-6-9-20(2)27(19)30-26(34)18-31-12-7-13-32(15-14-31)28(35)23(29-21(3)33)16-22-10-11-24(36-4)25(17-22)37-5/h6,8-11,17,23H,7,12-16,18H2,1-5H3,(H,29,33)(H,30,34). The lowest BCUT2D eigenvalue weighted by molar-refractivity contribution is -0.136. The third-order valence-electron chi connectivity index (χ3n) is 6.58. The van der Waals surface area contributed by atoms with Crippen molar-refractivity contribution in [1.82, 2.24) is 15.1 Å². The molecule has 1 atom stereocenters. The molecule has 1 unspecified atom stereocenters. The van der Waals surface area contributed by atoms with Gasteiger partial charge >= 0.3 is 0 Å². The van der Waals surface area contributed by atoms with E-state index in [1.807, 2.05) is 44.2 Å². The first kappa shape index (κ1) is 28.0. The number of amides is 3. The Hall–Kier alpha value is -3.59. The van der Waals surface area contributed by atoms with Crippen LogP contribution in [0.3, 0.4) is 0 Å². The maximum absolute atomic E-state index is 13.5. The molecule has 9 nitrogen and oxygen atoms in total. The van der Waals surface area contributed by atoms with Gasteiger partial charge in [-0.05, 0) is 49.1 Å². The molecule has 2 aromatic carbocycles. The second-order valence-electron chi connectivity index (χ2n) is 9.42. The predicted molar refractivity (Wildman–Crippen MR) is 143 cm³/mol. The van der Waals surface area contributed by atoms with Crippen molar-refractivity contribution >= 4 is 23.4 Å². The molecular formula is C28H38N4O5. The monoisotopic (exact) mass is 510 g/mol. The molecular weight excluding hydrogens is 472 g/mol. The van der Waals surface area contributed by atoms with E-state index in [0.29, 0.717) is 44.1 Å². The van der Waals surface area contributed by atoms with Crippen LogP contribution in [0.1, 0.15) is 30.0 Å². The van der Waals surface area contributed by atoms with E-state index >= 15 is 0 Å². The van der Waals surface area contributed by atoms with Crippen LogP contribution in [0.4, 0.5) is 5.69 Å². The van der Waals surface area contributed by atoms with E-state index in [1.165, 1.54) is 6.92 Å². The van der Waals surface area contributed by atoms with E-state index in [2.05, 4.69) is 15.5 Å². The number of rotatable bonds is 9. The molecule has 1 aliphatic rings. The Labute approximate surface area is 219 Å². The Morgan fingerprint density at radius 3 is 2.30 bits per heavy atom. The summed E-state index contributed by atoms with van der Waals surface area (Å²) in [5.41, 5.74) is 3.76. The van der Waals surface area contributed by atoms with Crippen LogP contribution in [-0.2, 0) is 20.8 Å². The number of carbonyl (C=O) groups is 3. The molecule has 0 radical (unpaired) electrons. The number of hydrogen-bond acceptors (Lipinski definition) is 6. The van der Waals surface area contributed by atoms with Crippen LogP contribution in [0.5, 0.6) is 11.5 Å². The van der Waals surface area contributed by atoms with E-state index in [4.69, 9.17) is 9.47 Å². The first-order valence-electron chi connectivity index (χ1n) is 12.6. The Bertz CT molecular complexity index is 1100. The summed E-state index contributed by atoms with van der Waals surface area (Å²) in [5.74, 6) is 0.702. The highest BCUT2D eigenvalue weighted by Gasteiger charge is 2.28. The average Bonchev–Trinajstić information content (AvgIpc) is 3.10. The van der Waals surface area contributed by atoms with Crippen LogP contribution in [0.15, 0.2) is 36.4 Å². The van der Waals surface area contributed by atoms with Crippen molar-refractivity contribution in [3.8, 4) is 11.5 Å². The van der Waals surface area contributed by atoms with Crippen LogP contribution in [0, 0.1) is 13.8 Å². The van der Waals surface area contributed by atoms with Gasteiger partial charge in [0.1, 0.15) is 6.04 Å². The maximum Gasteiger partial charge on any atom is 0.245 e. The average molecular weight is 511 g/mol. The second-order valence-corrected chi connectivity index (χ2v) is 9.42. The van der Waals surface area contributed by atoms with Gasteiger partial charge in [0, 0.05) is 45.2 Å². The fourth-order valence-corrected chi connectivity index (χ4v) is 4.65. The van der Waals surface area contributed by atoms with Crippen molar-refractivity contribution in [3.63, 3.8) is 0 Å². The molecule has 0 spiro atoms. The number of ether oxygens (including phenoxy) is 2. The third kappa shape index (κ3) is 7.69. The fourth-order valence-electron chi connectivity index (χ4n) is 4.65. The van der Waals surface area contributed by atoms with Gasteiger partial charge in [0.05, 0.1) is 20.8 Å². The van der Waals surface area contributed by atoms with E-state index in [-0.39, 0.29) is 24.3 Å². The zero-order valence-electron chi connectivity index (χ0n) is 22.4. The highest BCUT2D eigenvalue weighted by molar-refractivity contribution is 5.93. The van der Waals surface area contributed by atoms with E-state index < -0.39 is 6.04 Å². The van der Waals surface area contributed by atoms with Crippen LogP contribution >= 0.6 is 0 Å². The molecule has 0 aliphatic carbocycles. The highest BCUT2D eigenvalue weighted by atomic mass is 16.5. The summed E-state index contributed by atoms with van der Waals surface area (Å²) in [6.07, 6.45) is 1.07. The fraction of sp³-hybridized carbons (Fsp3) is 0.464. The molecule has 9 heteroatoms. The quantitative estimate of drug-likeness (QED) is 0.538. The normalized spacial score (nSPS) is 14.9. The van der Waals surface area contributed by atoms with Gasteiger partial charge in [0.15, 0.2) is 11.5 Å². The minimum atomic E-state index is -0.700. The number of nitrogens with zero attached hydrogens (tertiary/aromatic N) is 2. The smallest absolute Gasteiger partial charge is 0.245 e. The van der Waals surface area contributed by atoms with Crippen molar-refractivity contribution < 1.29 is 23.9 Å². The third-order valence-corrected chi connectivity index (χ3v) is 6.58. The molecule has 0 aromatic heterocycles. The number of nitrogens with one attached hydrogen (secondary N) is 2. The molecule has 1 aliphatic heterocycles. The molecule has 3 rings (SSSR count). The first-order valence-corrected chi connectivity index (χ1v) is 12.6. The Kier molecular flexibility index (Phi) is 9.91. The van der Waals surface area contributed by atoms with Gasteiger partial charge in [-0.1, -0.05) is 24.3 Å². The molecule has 2 N–H and O–H groups in total. The summed E-state index contributed by atoms with van der Waals surface area (Å²) in [6.45, 7) is 7.97. The Balaban J connectivity index is 1.62. The number of anilines is 1. The van der Waals surface area contributed by atoms with Crippen LogP contribution < -0.4 is 20.1 Å². The van der Waals surface area contributed by atoms with Gasteiger partial charge in [-0.25, -0.2) is 0 Å². The lowest BCUT2D eigenvalue weighted by Gasteiger charge is -2.27. The number of methoxy groups -OCH3 is 2. The summed E-state index contributed by atoms with van der Waals surface area (Å²) in [7, 11) is 3.13. The summed E-state index contributed by atoms with van der Waals surface area (Å²) in [5, 5.41) is 5.85. The number of hydrogen-bond donors (Lipinski definition) is 2. The minimum Gasteiger partial charge on any atom is -0.493 e. The summed E-state index contributed by atoms with van der Waals surface area (Å²) < 4.78 is 10.7. The molecule has 1 heterocycles. The Morgan fingerprint density at radius 1 is 0.946 bits per heavy atom. The molecule has 0 bridgehead atoms. The van der Waals surface area contributed by atoms with Gasteiger partial charge < -0.3 is 25.0 Å². The van der Waals surface area contributed by atoms with Crippen molar-refractivity contribution in [2.75, 3.05) is 52.3 Å². The van der Waals surface area contributed by atoms with Crippen molar-refractivity contribution in [2.45, 2.75) is 39.7 Å². The van der Waals surface area contributed by atoms with Crippen molar-refractivity contribution in [3.05, 3.63) is 53.1 Å². The van der Waals surface area contributed by atoms with Crippen molar-refractivity contribution in [1.29, 1.82) is 0 Å².